The van der Waals surface area contributed by atoms with Crippen molar-refractivity contribution in [2.24, 2.45) is 0 Å². The van der Waals surface area contributed by atoms with Gasteiger partial charge >= 0.3 is 0 Å². The fraction of sp³-hybridized carbons (Fsp3) is 0.130. The average molecular weight is 473 g/mol. The van der Waals surface area contributed by atoms with Crippen molar-refractivity contribution in [2.75, 3.05) is 19.0 Å². The van der Waals surface area contributed by atoms with Crippen molar-refractivity contribution in [3.8, 4) is 5.75 Å². The standard InChI is InChI=1S/C23H21ClN2O5S/c1-3-25-32(29,30)21-13-16(9-12-20(21)31-2)23(28)26-19-11-10-17(24)14-18(19)22(27)15-7-5-4-6-8-15/h4-14,25H,3H2,1-2H3,(H,26,28). The van der Waals surface area contributed by atoms with Crippen LogP contribution in [0, 0.1) is 0 Å². The Kier molecular flexibility index (Phi) is 7.29. The molecule has 0 aliphatic carbocycles. The second-order valence-electron chi connectivity index (χ2n) is 6.71. The second kappa shape index (κ2) is 9.95. The van der Waals surface area contributed by atoms with Gasteiger partial charge in [0.2, 0.25) is 10.0 Å². The largest absolute Gasteiger partial charge is 0.495 e. The van der Waals surface area contributed by atoms with E-state index >= 15 is 0 Å². The summed E-state index contributed by atoms with van der Waals surface area (Å²) in [5.41, 5.74) is 0.982. The Bertz CT molecular complexity index is 1260. The van der Waals surface area contributed by atoms with Gasteiger partial charge in [0.25, 0.3) is 5.91 Å². The van der Waals surface area contributed by atoms with Crippen LogP contribution in [0.25, 0.3) is 0 Å². The highest BCUT2D eigenvalue weighted by molar-refractivity contribution is 7.89. The normalized spacial score (nSPS) is 11.1. The van der Waals surface area contributed by atoms with Gasteiger partial charge in [-0.2, -0.15) is 0 Å². The molecule has 3 aromatic carbocycles. The molecule has 7 nitrogen and oxygen atoms in total. The summed E-state index contributed by atoms with van der Waals surface area (Å²) in [5.74, 6) is -0.799. The number of anilines is 1. The van der Waals surface area contributed by atoms with Crippen molar-refractivity contribution in [2.45, 2.75) is 11.8 Å². The molecule has 0 fully saturated rings. The van der Waals surface area contributed by atoms with Crippen molar-refractivity contribution in [1.82, 2.24) is 4.72 Å². The molecule has 0 bridgehead atoms. The zero-order valence-electron chi connectivity index (χ0n) is 17.4. The van der Waals surface area contributed by atoms with Gasteiger partial charge in [-0.1, -0.05) is 48.9 Å². The molecule has 3 aromatic rings. The third-order valence-electron chi connectivity index (χ3n) is 4.56. The SMILES string of the molecule is CCNS(=O)(=O)c1cc(C(=O)Nc2ccc(Cl)cc2C(=O)c2ccccc2)ccc1OC. The number of rotatable bonds is 8. The van der Waals surface area contributed by atoms with E-state index in [1.807, 2.05) is 0 Å². The molecule has 166 valence electrons. The Hall–Kier alpha value is -3.20. The number of methoxy groups -OCH3 is 1. The number of benzene rings is 3. The predicted octanol–water partition coefficient (Wildman–Crippen LogP) is 4.13. The minimum Gasteiger partial charge on any atom is -0.495 e. The van der Waals surface area contributed by atoms with Crippen LogP contribution in [0.1, 0.15) is 33.2 Å². The maximum Gasteiger partial charge on any atom is 0.255 e. The number of ketones is 1. The Morgan fingerprint density at radius 1 is 0.969 bits per heavy atom. The minimum absolute atomic E-state index is 0.0790. The van der Waals surface area contributed by atoms with Gasteiger partial charge in [-0.25, -0.2) is 13.1 Å². The van der Waals surface area contributed by atoms with Gasteiger partial charge in [0.05, 0.1) is 12.8 Å². The average Bonchev–Trinajstić information content (AvgIpc) is 2.79. The van der Waals surface area contributed by atoms with Crippen molar-refractivity contribution in [3.05, 3.63) is 88.4 Å². The summed E-state index contributed by atoms with van der Waals surface area (Å²) in [5, 5.41) is 3.02. The summed E-state index contributed by atoms with van der Waals surface area (Å²) in [6, 6.07) is 17.2. The first-order valence-corrected chi connectivity index (χ1v) is 11.5. The molecule has 9 heteroatoms. The molecule has 0 aliphatic heterocycles. The van der Waals surface area contributed by atoms with E-state index in [4.69, 9.17) is 16.3 Å². The van der Waals surface area contributed by atoms with E-state index in [1.165, 1.54) is 37.4 Å². The first kappa shape index (κ1) is 23.5. The van der Waals surface area contributed by atoms with E-state index in [9.17, 15) is 18.0 Å². The summed E-state index contributed by atoms with van der Waals surface area (Å²) in [6.45, 7) is 1.82. The number of carbonyl (C=O) groups excluding carboxylic acids is 2. The van der Waals surface area contributed by atoms with Crippen LogP contribution in [-0.4, -0.2) is 33.8 Å². The van der Waals surface area contributed by atoms with Crippen LogP contribution < -0.4 is 14.8 Å². The molecule has 1 amide bonds. The highest BCUT2D eigenvalue weighted by atomic mass is 35.5. The molecular formula is C23H21ClN2O5S. The third kappa shape index (κ3) is 5.16. The molecule has 0 aliphatic rings. The lowest BCUT2D eigenvalue weighted by Crippen LogP contribution is -2.24. The monoisotopic (exact) mass is 472 g/mol. The van der Waals surface area contributed by atoms with E-state index in [0.717, 1.165) is 0 Å². The number of hydrogen-bond acceptors (Lipinski definition) is 5. The molecular weight excluding hydrogens is 452 g/mol. The smallest absolute Gasteiger partial charge is 0.255 e. The van der Waals surface area contributed by atoms with Crippen molar-refractivity contribution >= 4 is 39.0 Å². The van der Waals surface area contributed by atoms with Gasteiger partial charge in [0.1, 0.15) is 10.6 Å². The van der Waals surface area contributed by atoms with Crippen LogP contribution in [0.2, 0.25) is 5.02 Å². The van der Waals surface area contributed by atoms with Gasteiger partial charge in [-0.3, -0.25) is 9.59 Å². The van der Waals surface area contributed by atoms with Gasteiger partial charge in [0, 0.05) is 28.3 Å². The Morgan fingerprint density at radius 3 is 2.34 bits per heavy atom. The summed E-state index contributed by atoms with van der Waals surface area (Å²) >= 11 is 6.08. The van der Waals surface area contributed by atoms with Crippen LogP contribution in [-0.2, 0) is 10.0 Å². The molecule has 0 saturated heterocycles. The van der Waals surface area contributed by atoms with Gasteiger partial charge < -0.3 is 10.1 Å². The molecule has 0 saturated carbocycles. The molecule has 0 heterocycles. The van der Waals surface area contributed by atoms with Gasteiger partial charge in [-0.15, -0.1) is 0 Å². The Morgan fingerprint density at radius 2 is 1.69 bits per heavy atom. The third-order valence-corrected chi connectivity index (χ3v) is 6.36. The zero-order chi connectivity index (χ0) is 23.3. The molecule has 32 heavy (non-hydrogen) atoms. The van der Waals surface area contributed by atoms with Crippen LogP contribution in [0.4, 0.5) is 5.69 Å². The maximum absolute atomic E-state index is 13.0. The number of nitrogens with one attached hydrogen (secondary N) is 2. The molecule has 0 unspecified atom stereocenters. The fourth-order valence-corrected chi connectivity index (χ4v) is 4.45. The minimum atomic E-state index is -3.87. The highest BCUT2D eigenvalue weighted by Gasteiger charge is 2.22. The van der Waals surface area contributed by atoms with E-state index in [1.54, 1.807) is 43.3 Å². The Balaban J connectivity index is 1.97. The lowest BCUT2D eigenvalue weighted by Gasteiger charge is -2.14. The molecule has 2 N–H and O–H groups in total. The number of ether oxygens (including phenoxy) is 1. The van der Waals surface area contributed by atoms with Crippen molar-refractivity contribution < 1.29 is 22.7 Å². The predicted molar refractivity (Wildman–Crippen MR) is 123 cm³/mol. The van der Waals surface area contributed by atoms with E-state index in [0.29, 0.717) is 10.6 Å². The van der Waals surface area contributed by atoms with Crippen LogP contribution >= 0.6 is 11.6 Å². The summed E-state index contributed by atoms with van der Waals surface area (Å²) in [7, 11) is -2.53. The van der Waals surface area contributed by atoms with Gasteiger partial charge in [0.15, 0.2) is 5.78 Å². The lowest BCUT2D eigenvalue weighted by atomic mass is 10.0. The number of carbonyl (C=O) groups is 2. The summed E-state index contributed by atoms with van der Waals surface area (Å²) in [6.07, 6.45) is 0. The Labute approximate surface area is 191 Å². The van der Waals surface area contributed by atoms with Crippen LogP contribution in [0.5, 0.6) is 5.75 Å². The topological polar surface area (TPSA) is 102 Å². The molecule has 0 radical (unpaired) electrons. The molecule has 0 spiro atoms. The number of halogens is 1. The number of amides is 1. The summed E-state index contributed by atoms with van der Waals surface area (Å²) in [4.78, 5) is 25.7. The summed E-state index contributed by atoms with van der Waals surface area (Å²) < 4.78 is 32.5. The molecule has 3 rings (SSSR count). The molecule has 0 aromatic heterocycles. The first-order chi connectivity index (χ1) is 15.3. The van der Waals surface area contributed by atoms with E-state index in [2.05, 4.69) is 10.0 Å². The fourth-order valence-electron chi connectivity index (χ4n) is 3.05. The van der Waals surface area contributed by atoms with Crippen molar-refractivity contribution in [1.29, 1.82) is 0 Å². The zero-order valence-corrected chi connectivity index (χ0v) is 19.0. The first-order valence-electron chi connectivity index (χ1n) is 9.65. The van der Waals surface area contributed by atoms with E-state index < -0.39 is 15.9 Å². The maximum atomic E-state index is 13.0. The highest BCUT2D eigenvalue weighted by Crippen LogP contribution is 2.27. The quantitative estimate of drug-likeness (QED) is 0.480. The van der Waals surface area contributed by atoms with Crippen LogP contribution in [0.3, 0.4) is 0 Å². The van der Waals surface area contributed by atoms with E-state index in [-0.39, 0.29) is 39.8 Å². The molecule has 0 atom stereocenters. The van der Waals surface area contributed by atoms with Crippen molar-refractivity contribution in [3.63, 3.8) is 0 Å². The van der Waals surface area contributed by atoms with Gasteiger partial charge in [-0.05, 0) is 36.4 Å². The number of sulfonamides is 1. The lowest BCUT2D eigenvalue weighted by molar-refractivity contribution is 0.102. The second-order valence-corrected chi connectivity index (χ2v) is 8.88. The van der Waals surface area contributed by atoms with Crippen LogP contribution in [0.15, 0.2) is 71.6 Å². The number of hydrogen-bond donors (Lipinski definition) is 2.